The van der Waals surface area contributed by atoms with E-state index in [2.05, 4.69) is 9.69 Å². The molecule has 1 fully saturated rings. The number of ether oxygens (including phenoxy) is 2. The van der Waals surface area contributed by atoms with Gasteiger partial charge in [-0.25, -0.2) is 0 Å². The first-order chi connectivity index (χ1) is 20.3. The van der Waals surface area contributed by atoms with Crippen molar-refractivity contribution in [3.05, 3.63) is 88.3 Å². The lowest BCUT2D eigenvalue weighted by Crippen LogP contribution is -2.46. The zero-order valence-corrected chi connectivity index (χ0v) is 25.2. The first-order valence-corrected chi connectivity index (χ1v) is 14.8. The molecule has 3 N–H and O–H groups in total. The number of benzene rings is 3. The highest BCUT2D eigenvalue weighted by Gasteiger charge is 2.37. The Balaban J connectivity index is 1.63. The van der Waals surface area contributed by atoms with Crippen molar-refractivity contribution < 1.29 is 19.1 Å². The van der Waals surface area contributed by atoms with Crippen molar-refractivity contribution in [3.63, 3.8) is 0 Å². The fraction of sp³-hybridized carbons (Fsp3) is 0.303. The van der Waals surface area contributed by atoms with Crippen LogP contribution in [0.25, 0.3) is 11.3 Å². The van der Waals surface area contributed by atoms with E-state index in [9.17, 15) is 9.59 Å². The summed E-state index contributed by atoms with van der Waals surface area (Å²) in [5.41, 5.74) is 11.4. The molecule has 0 aliphatic heterocycles. The number of hydrogen-bond acceptors (Lipinski definition) is 7. The lowest BCUT2D eigenvalue weighted by molar-refractivity contribution is -0.123. The molecule has 4 aromatic rings. The van der Waals surface area contributed by atoms with E-state index in [1.54, 1.807) is 31.3 Å². The van der Waals surface area contributed by atoms with Gasteiger partial charge >= 0.3 is 0 Å². The van der Waals surface area contributed by atoms with Gasteiger partial charge in [0.05, 0.1) is 19.9 Å². The standard InChI is InChI=1S/C33H36N4O4S/c1-20-9-18-27(21(2)19-20)37(33(39)31-28(34)29(36-42-31)22-10-14-25(40-3)15-11-22)30(23-12-16-26(41-4)17-13-23)32(38)35-24-7-5-6-8-24/h9-19,24,30H,5-8,34H2,1-4H3,(H,35,38)/t30-/m0/s1. The van der Waals surface area contributed by atoms with Gasteiger partial charge in [-0.1, -0.05) is 42.7 Å². The Hall–Kier alpha value is -4.37. The van der Waals surface area contributed by atoms with Crippen molar-refractivity contribution in [3.8, 4) is 22.8 Å². The van der Waals surface area contributed by atoms with Crippen LogP contribution in [0, 0.1) is 13.8 Å². The highest BCUT2D eigenvalue weighted by Crippen LogP contribution is 2.38. The van der Waals surface area contributed by atoms with Crippen LogP contribution in [0.15, 0.2) is 66.7 Å². The number of nitrogens with two attached hydrogens (primary N) is 1. The molecule has 42 heavy (non-hydrogen) atoms. The third-order valence-corrected chi connectivity index (χ3v) is 8.61. The number of carbonyl (C=O) groups is 2. The Bertz CT molecular complexity index is 1560. The van der Waals surface area contributed by atoms with Gasteiger partial charge < -0.3 is 20.5 Å². The second kappa shape index (κ2) is 12.7. The van der Waals surface area contributed by atoms with Crippen molar-refractivity contribution >= 4 is 34.7 Å². The lowest BCUT2D eigenvalue weighted by atomic mass is 10.00. The Kier molecular flexibility index (Phi) is 8.77. The summed E-state index contributed by atoms with van der Waals surface area (Å²) in [5.74, 6) is 0.743. The number of rotatable bonds is 9. The van der Waals surface area contributed by atoms with E-state index in [1.165, 1.54) is 0 Å². The normalized spacial score (nSPS) is 13.9. The second-order valence-electron chi connectivity index (χ2n) is 10.6. The van der Waals surface area contributed by atoms with Gasteiger partial charge in [0.25, 0.3) is 5.91 Å². The summed E-state index contributed by atoms with van der Waals surface area (Å²) >= 11 is 1.04. The average Bonchev–Trinajstić information content (AvgIpc) is 3.65. The van der Waals surface area contributed by atoms with Crippen LogP contribution in [-0.2, 0) is 4.79 Å². The Labute approximate surface area is 250 Å². The predicted octanol–water partition coefficient (Wildman–Crippen LogP) is 6.47. The minimum atomic E-state index is -0.948. The maximum absolute atomic E-state index is 14.6. The molecule has 1 atom stereocenters. The maximum atomic E-state index is 14.6. The van der Waals surface area contributed by atoms with Crippen LogP contribution >= 0.6 is 11.5 Å². The van der Waals surface area contributed by atoms with E-state index in [1.807, 2.05) is 68.4 Å². The number of nitrogens with zero attached hydrogens (tertiary/aromatic N) is 2. The molecule has 0 radical (unpaired) electrons. The van der Waals surface area contributed by atoms with Gasteiger partial charge in [0.15, 0.2) is 0 Å². The van der Waals surface area contributed by atoms with Gasteiger partial charge in [-0.2, -0.15) is 4.37 Å². The lowest BCUT2D eigenvalue weighted by Gasteiger charge is -2.33. The molecular formula is C33H36N4O4S. The third kappa shape index (κ3) is 5.97. The SMILES string of the molecule is COc1ccc(-c2nsc(C(=O)N(c3ccc(C)cc3C)[C@H](C(=O)NC3CCCC3)c3ccc(OC)cc3)c2N)cc1. The number of nitrogen functional groups attached to an aromatic ring is 1. The first kappa shape index (κ1) is 29.1. The minimum Gasteiger partial charge on any atom is -0.497 e. The zero-order chi connectivity index (χ0) is 29.8. The minimum absolute atomic E-state index is 0.0736. The van der Waals surface area contributed by atoms with Crippen LogP contribution in [0.5, 0.6) is 11.5 Å². The Morgan fingerprint density at radius 1 is 0.952 bits per heavy atom. The second-order valence-corrected chi connectivity index (χ2v) is 11.4. The molecule has 2 amide bonds. The molecular weight excluding hydrogens is 548 g/mol. The number of carbonyl (C=O) groups excluding carboxylic acids is 2. The number of amides is 2. The number of anilines is 2. The molecule has 0 bridgehead atoms. The van der Waals surface area contributed by atoms with Crippen LogP contribution < -0.4 is 25.4 Å². The smallest absolute Gasteiger partial charge is 0.273 e. The van der Waals surface area contributed by atoms with Crippen molar-refractivity contribution in [1.29, 1.82) is 0 Å². The molecule has 1 heterocycles. The van der Waals surface area contributed by atoms with Crippen molar-refractivity contribution in [2.24, 2.45) is 0 Å². The molecule has 0 unspecified atom stereocenters. The maximum Gasteiger partial charge on any atom is 0.273 e. The summed E-state index contributed by atoms with van der Waals surface area (Å²) in [5, 5.41) is 3.23. The first-order valence-electron chi connectivity index (χ1n) is 14.1. The summed E-state index contributed by atoms with van der Waals surface area (Å²) in [4.78, 5) is 30.6. The largest absolute Gasteiger partial charge is 0.497 e. The summed E-state index contributed by atoms with van der Waals surface area (Å²) in [6.45, 7) is 3.94. The van der Waals surface area contributed by atoms with E-state index in [-0.39, 0.29) is 28.4 Å². The van der Waals surface area contributed by atoms with Crippen molar-refractivity contribution in [1.82, 2.24) is 9.69 Å². The molecule has 1 aromatic heterocycles. The summed E-state index contributed by atoms with van der Waals surface area (Å²) in [6, 6.07) is 19.6. The van der Waals surface area contributed by atoms with Gasteiger partial charge in [0.2, 0.25) is 5.91 Å². The number of aryl methyl sites for hydroxylation is 2. The monoisotopic (exact) mass is 584 g/mol. The quantitative estimate of drug-likeness (QED) is 0.233. The van der Waals surface area contributed by atoms with E-state index in [0.29, 0.717) is 28.4 Å². The number of methoxy groups -OCH3 is 2. The van der Waals surface area contributed by atoms with Gasteiger partial charge in [0, 0.05) is 17.3 Å². The molecule has 9 heteroatoms. The van der Waals surface area contributed by atoms with Crippen LogP contribution in [-0.4, -0.2) is 36.4 Å². The fourth-order valence-corrected chi connectivity index (χ4v) is 6.27. The summed E-state index contributed by atoms with van der Waals surface area (Å²) < 4.78 is 15.2. The summed E-state index contributed by atoms with van der Waals surface area (Å²) in [6.07, 6.45) is 3.99. The zero-order valence-electron chi connectivity index (χ0n) is 24.3. The molecule has 3 aromatic carbocycles. The fourth-order valence-electron chi connectivity index (χ4n) is 5.51. The number of nitrogens with one attached hydrogen (secondary N) is 1. The van der Waals surface area contributed by atoms with Crippen LogP contribution in [0.3, 0.4) is 0 Å². The van der Waals surface area contributed by atoms with Crippen LogP contribution in [0.2, 0.25) is 0 Å². The third-order valence-electron chi connectivity index (χ3n) is 7.76. The van der Waals surface area contributed by atoms with Crippen molar-refractivity contribution in [2.75, 3.05) is 24.9 Å². The topological polar surface area (TPSA) is 107 Å². The Morgan fingerprint density at radius 2 is 1.57 bits per heavy atom. The Morgan fingerprint density at radius 3 is 2.17 bits per heavy atom. The van der Waals surface area contributed by atoms with Gasteiger partial charge in [-0.3, -0.25) is 14.5 Å². The highest BCUT2D eigenvalue weighted by atomic mass is 32.1. The van der Waals surface area contributed by atoms with Gasteiger partial charge in [0.1, 0.15) is 28.1 Å². The predicted molar refractivity (Wildman–Crippen MR) is 167 cm³/mol. The molecule has 1 saturated carbocycles. The molecule has 5 rings (SSSR count). The van der Waals surface area contributed by atoms with Gasteiger partial charge in [-0.05, 0) is 91.8 Å². The summed E-state index contributed by atoms with van der Waals surface area (Å²) in [7, 11) is 3.20. The average molecular weight is 585 g/mol. The van der Waals surface area contributed by atoms with E-state index < -0.39 is 6.04 Å². The van der Waals surface area contributed by atoms with Crippen LogP contribution in [0.4, 0.5) is 11.4 Å². The van der Waals surface area contributed by atoms with Crippen LogP contribution in [0.1, 0.15) is 58.1 Å². The molecule has 8 nitrogen and oxygen atoms in total. The van der Waals surface area contributed by atoms with E-state index in [0.717, 1.165) is 53.9 Å². The molecule has 0 spiro atoms. The number of aromatic nitrogens is 1. The van der Waals surface area contributed by atoms with Crippen molar-refractivity contribution in [2.45, 2.75) is 51.6 Å². The molecule has 0 saturated heterocycles. The molecule has 1 aliphatic rings. The molecule has 1 aliphatic carbocycles. The van der Waals surface area contributed by atoms with Gasteiger partial charge in [-0.15, -0.1) is 0 Å². The van der Waals surface area contributed by atoms with E-state index in [4.69, 9.17) is 15.2 Å². The van der Waals surface area contributed by atoms with E-state index >= 15 is 0 Å². The number of hydrogen-bond donors (Lipinski definition) is 2. The highest BCUT2D eigenvalue weighted by molar-refractivity contribution is 7.09. The molecule has 218 valence electrons.